The summed E-state index contributed by atoms with van der Waals surface area (Å²) in [4.78, 5) is 23.8. The number of hydrogen-bond donors (Lipinski definition) is 1. The van der Waals surface area contributed by atoms with Gasteiger partial charge >= 0.3 is 5.97 Å². The van der Waals surface area contributed by atoms with Gasteiger partial charge in [0.1, 0.15) is 11.5 Å². The minimum Gasteiger partial charge on any atom is -0.497 e. The fraction of sp³-hybridized carbons (Fsp3) is 0.125. The van der Waals surface area contributed by atoms with Gasteiger partial charge < -0.3 is 14.6 Å². The molecule has 0 aliphatic carbocycles. The molecule has 0 amide bonds. The molecule has 0 aliphatic heterocycles. The van der Waals surface area contributed by atoms with E-state index in [-0.39, 0.29) is 16.9 Å². The fourth-order valence-corrected chi connectivity index (χ4v) is 1.95. The molecule has 5 nitrogen and oxygen atoms in total. The lowest BCUT2D eigenvalue weighted by molar-refractivity contribution is 0.0692. The van der Waals surface area contributed by atoms with Crippen LogP contribution in [-0.4, -0.2) is 31.1 Å². The molecule has 0 atom stereocenters. The summed E-state index contributed by atoms with van der Waals surface area (Å²) < 4.78 is 10.1. The first kappa shape index (κ1) is 14.6. The molecular formula is C16H14O5. The number of ketones is 1. The summed E-state index contributed by atoms with van der Waals surface area (Å²) in [6.07, 6.45) is 0. The van der Waals surface area contributed by atoms with E-state index in [4.69, 9.17) is 9.47 Å². The number of carbonyl (C=O) groups is 2. The Morgan fingerprint density at radius 1 is 0.905 bits per heavy atom. The van der Waals surface area contributed by atoms with Gasteiger partial charge in [0.05, 0.1) is 19.8 Å². The third kappa shape index (κ3) is 3.02. The molecule has 0 aliphatic rings. The van der Waals surface area contributed by atoms with Crippen molar-refractivity contribution in [2.24, 2.45) is 0 Å². The topological polar surface area (TPSA) is 72.8 Å². The van der Waals surface area contributed by atoms with Crippen molar-refractivity contribution < 1.29 is 24.2 Å². The van der Waals surface area contributed by atoms with Gasteiger partial charge in [0.25, 0.3) is 0 Å². The van der Waals surface area contributed by atoms with Crippen LogP contribution in [0.15, 0.2) is 42.5 Å². The lowest BCUT2D eigenvalue weighted by Crippen LogP contribution is -2.10. The summed E-state index contributed by atoms with van der Waals surface area (Å²) in [6, 6.07) is 10.9. The minimum atomic E-state index is -1.18. The van der Waals surface area contributed by atoms with Crippen molar-refractivity contribution in [3.8, 4) is 11.5 Å². The maximum absolute atomic E-state index is 12.5. The molecule has 2 aromatic carbocycles. The van der Waals surface area contributed by atoms with E-state index in [1.807, 2.05) is 0 Å². The molecule has 2 rings (SSSR count). The quantitative estimate of drug-likeness (QED) is 0.855. The molecule has 108 valence electrons. The monoisotopic (exact) mass is 286 g/mol. The Morgan fingerprint density at radius 3 is 2.19 bits per heavy atom. The lowest BCUT2D eigenvalue weighted by Gasteiger charge is -2.08. The van der Waals surface area contributed by atoms with Crippen molar-refractivity contribution >= 4 is 11.8 Å². The van der Waals surface area contributed by atoms with Crippen molar-refractivity contribution in [1.29, 1.82) is 0 Å². The molecule has 1 N–H and O–H groups in total. The molecule has 0 fully saturated rings. The van der Waals surface area contributed by atoms with Gasteiger partial charge in [-0.3, -0.25) is 4.79 Å². The minimum absolute atomic E-state index is 0.0952. The van der Waals surface area contributed by atoms with E-state index in [0.717, 1.165) is 0 Å². The van der Waals surface area contributed by atoms with E-state index < -0.39 is 5.97 Å². The third-order valence-electron chi connectivity index (χ3n) is 3.03. The SMILES string of the molecule is COc1cccc(C(=O)c2ccc(OC)cc2C(=O)O)c1. The molecular weight excluding hydrogens is 272 g/mol. The van der Waals surface area contributed by atoms with Crippen molar-refractivity contribution in [2.45, 2.75) is 0 Å². The van der Waals surface area contributed by atoms with Gasteiger partial charge in [-0.25, -0.2) is 4.79 Å². The van der Waals surface area contributed by atoms with Crippen molar-refractivity contribution in [3.63, 3.8) is 0 Å². The van der Waals surface area contributed by atoms with Crippen molar-refractivity contribution in [2.75, 3.05) is 14.2 Å². The third-order valence-corrected chi connectivity index (χ3v) is 3.03. The number of carboxylic acids is 1. The molecule has 21 heavy (non-hydrogen) atoms. The highest BCUT2D eigenvalue weighted by Gasteiger charge is 2.19. The summed E-state index contributed by atoms with van der Waals surface area (Å²) in [6.45, 7) is 0. The number of methoxy groups -OCH3 is 2. The largest absolute Gasteiger partial charge is 0.497 e. The smallest absolute Gasteiger partial charge is 0.336 e. The summed E-state index contributed by atoms with van der Waals surface area (Å²) in [5, 5.41) is 9.25. The molecule has 2 aromatic rings. The number of rotatable bonds is 5. The average Bonchev–Trinajstić information content (AvgIpc) is 2.53. The van der Waals surface area contributed by atoms with E-state index in [1.54, 1.807) is 30.3 Å². The van der Waals surface area contributed by atoms with Crippen LogP contribution in [0.2, 0.25) is 0 Å². The Morgan fingerprint density at radius 2 is 1.57 bits per heavy atom. The first-order chi connectivity index (χ1) is 10.1. The van der Waals surface area contributed by atoms with Crippen LogP contribution in [0.4, 0.5) is 0 Å². The molecule has 0 radical (unpaired) electrons. The number of ether oxygens (including phenoxy) is 2. The number of aromatic carboxylic acids is 1. The zero-order chi connectivity index (χ0) is 15.4. The highest BCUT2D eigenvalue weighted by molar-refractivity contribution is 6.14. The Bertz CT molecular complexity index is 691. The predicted molar refractivity (Wildman–Crippen MR) is 76.4 cm³/mol. The summed E-state index contributed by atoms with van der Waals surface area (Å²) in [7, 11) is 2.93. The molecule has 0 heterocycles. The van der Waals surface area contributed by atoms with Crippen LogP contribution in [0.1, 0.15) is 26.3 Å². The Hall–Kier alpha value is -2.82. The summed E-state index contributed by atoms with van der Waals surface area (Å²) in [5.41, 5.74) is 0.376. The highest BCUT2D eigenvalue weighted by Crippen LogP contribution is 2.22. The van der Waals surface area contributed by atoms with Gasteiger partial charge in [-0.05, 0) is 30.3 Å². The number of benzene rings is 2. The first-order valence-corrected chi connectivity index (χ1v) is 6.17. The van der Waals surface area contributed by atoms with E-state index >= 15 is 0 Å². The summed E-state index contributed by atoms with van der Waals surface area (Å²) >= 11 is 0. The van der Waals surface area contributed by atoms with Crippen LogP contribution in [0.25, 0.3) is 0 Å². The standard InChI is InChI=1S/C16H14O5/c1-20-11-5-3-4-10(8-11)15(17)13-7-6-12(21-2)9-14(13)16(18)19/h3-9H,1-2H3,(H,18,19). The van der Waals surface area contributed by atoms with Crippen LogP contribution in [0.3, 0.4) is 0 Å². The van der Waals surface area contributed by atoms with Crippen LogP contribution >= 0.6 is 0 Å². The van der Waals surface area contributed by atoms with Crippen molar-refractivity contribution in [3.05, 3.63) is 59.2 Å². The van der Waals surface area contributed by atoms with Crippen molar-refractivity contribution in [1.82, 2.24) is 0 Å². The fourth-order valence-electron chi connectivity index (χ4n) is 1.95. The highest BCUT2D eigenvalue weighted by atomic mass is 16.5. The molecule has 5 heteroatoms. The second kappa shape index (κ2) is 6.09. The number of hydrogen-bond acceptors (Lipinski definition) is 4. The van der Waals surface area contributed by atoms with Crippen LogP contribution in [0, 0.1) is 0 Å². The normalized spacial score (nSPS) is 10.0. The Labute approximate surface area is 121 Å². The lowest BCUT2D eigenvalue weighted by atomic mass is 9.98. The molecule has 0 saturated carbocycles. The second-order valence-corrected chi connectivity index (χ2v) is 4.28. The first-order valence-electron chi connectivity index (χ1n) is 6.17. The van der Waals surface area contributed by atoms with Crippen LogP contribution in [0.5, 0.6) is 11.5 Å². The molecule has 0 saturated heterocycles. The van der Waals surface area contributed by atoms with E-state index in [9.17, 15) is 14.7 Å². The zero-order valence-corrected chi connectivity index (χ0v) is 11.6. The van der Waals surface area contributed by atoms with E-state index in [0.29, 0.717) is 17.1 Å². The van der Waals surface area contributed by atoms with Gasteiger partial charge in [0.2, 0.25) is 0 Å². The number of carboxylic acid groups (broad SMARTS) is 1. The predicted octanol–water partition coefficient (Wildman–Crippen LogP) is 2.63. The molecule has 0 aromatic heterocycles. The summed E-state index contributed by atoms with van der Waals surface area (Å²) in [5.74, 6) is -0.644. The maximum Gasteiger partial charge on any atom is 0.336 e. The van der Waals surface area contributed by atoms with Crippen LogP contribution in [-0.2, 0) is 0 Å². The van der Waals surface area contributed by atoms with Gasteiger partial charge in [0, 0.05) is 11.1 Å². The number of carbonyl (C=O) groups excluding carboxylic acids is 1. The van der Waals surface area contributed by atoms with Gasteiger partial charge in [0.15, 0.2) is 5.78 Å². The van der Waals surface area contributed by atoms with E-state index in [2.05, 4.69) is 0 Å². The average molecular weight is 286 g/mol. The Balaban J connectivity index is 2.49. The van der Waals surface area contributed by atoms with Gasteiger partial charge in [-0.2, -0.15) is 0 Å². The molecule has 0 unspecified atom stereocenters. The van der Waals surface area contributed by atoms with E-state index in [1.165, 1.54) is 26.4 Å². The van der Waals surface area contributed by atoms with Gasteiger partial charge in [-0.15, -0.1) is 0 Å². The maximum atomic E-state index is 12.5. The van der Waals surface area contributed by atoms with Crippen LogP contribution < -0.4 is 9.47 Å². The zero-order valence-electron chi connectivity index (χ0n) is 11.6. The Kier molecular flexibility index (Phi) is 4.23. The van der Waals surface area contributed by atoms with Gasteiger partial charge in [-0.1, -0.05) is 12.1 Å². The molecule has 0 bridgehead atoms. The second-order valence-electron chi connectivity index (χ2n) is 4.28. The molecule has 0 spiro atoms.